The summed E-state index contributed by atoms with van der Waals surface area (Å²) in [4.78, 5) is 0.157. The van der Waals surface area contributed by atoms with Gasteiger partial charge in [-0.3, -0.25) is 0 Å². The molecule has 3 aromatic carbocycles. The molecule has 0 unspecified atom stereocenters. The fraction of sp³-hybridized carbons (Fsp3) is 0.167. The number of benzene rings is 3. The molecule has 0 aliphatic rings. The lowest BCUT2D eigenvalue weighted by Crippen LogP contribution is -2.12. The zero-order valence-electron chi connectivity index (χ0n) is 18.4. The van der Waals surface area contributed by atoms with Crippen molar-refractivity contribution in [2.75, 3.05) is 19.5 Å². The highest BCUT2D eigenvalue weighted by atomic mass is 35.5. The van der Waals surface area contributed by atoms with Gasteiger partial charge in [0.1, 0.15) is 5.75 Å². The van der Waals surface area contributed by atoms with Gasteiger partial charge in [0, 0.05) is 29.9 Å². The van der Waals surface area contributed by atoms with E-state index in [9.17, 15) is 8.42 Å². The van der Waals surface area contributed by atoms with Crippen LogP contribution in [0.1, 0.15) is 11.1 Å². The largest absolute Gasteiger partial charge is 0.497 e. The maximum Gasteiger partial charge on any atom is 0.268 e. The summed E-state index contributed by atoms with van der Waals surface area (Å²) >= 11 is 6.37. The van der Waals surface area contributed by atoms with Gasteiger partial charge in [-0.1, -0.05) is 29.8 Å². The first kappa shape index (κ1) is 24.9. The number of fused-ring (bicyclic) bond motifs is 1. The van der Waals surface area contributed by atoms with E-state index in [-0.39, 0.29) is 17.3 Å². The minimum Gasteiger partial charge on any atom is -0.497 e. The maximum absolute atomic E-state index is 13.5. The fourth-order valence-corrected chi connectivity index (χ4v) is 5.33. The number of hydrogen-bond donors (Lipinski definition) is 2. The average Bonchev–Trinajstić information content (AvgIpc) is 3.14. The Hall–Kier alpha value is -2.71. The number of aromatic nitrogens is 1. The van der Waals surface area contributed by atoms with Gasteiger partial charge in [0.25, 0.3) is 10.0 Å². The molecule has 33 heavy (non-hydrogen) atoms. The molecule has 174 valence electrons. The molecule has 6 nitrogen and oxygen atoms in total. The molecule has 0 aliphatic heterocycles. The second kappa shape index (κ2) is 10.1. The third kappa shape index (κ3) is 4.96. The van der Waals surface area contributed by atoms with Crippen LogP contribution < -0.4 is 15.4 Å². The smallest absolute Gasteiger partial charge is 0.268 e. The summed E-state index contributed by atoms with van der Waals surface area (Å²) in [5.74, 6) is 0.481. The molecule has 0 atom stereocenters. The number of methoxy groups -OCH3 is 1. The summed E-state index contributed by atoms with van der Waals surface area (Å²) in [5.41, 5.74) is 4.01. The lowest BCUT2D eigenvalue weighted by atomic mass is 10.1. The Morgan fingerprint density at radius 3 is 2.55 bits per heavy atom. The molecule has 0 saturated carbocycles. The predicted octanol–water partition coefficient (Wildman–Crippen LogP) is 5.73. The highest BCUT2D eigenvalue weighted by Crippen LogP contribution is 2.32. The Morgan fingerprint density at radius 2 is 1.85 bits per heavy atom. The lowest BCUT2D eigenvalue weighted by molar-refractivity contribution is 0.413. The Labute approximate surface area is 205 Å². The van der Waals surface area contributed by atoms with Crippen molar-refractivity contribution in [3.8, 4) is 5.75 Å². The predicted molar refractivity (Wildman–Crippen MR) is 137 cm³/mol. The molecular formula is C24H25Cl2N3O3S. The van der Waals surface area contributed by atoms with Crippen LogP contribution in [-0.2, 0) is 16.6 Å². The van der Waals surface area contributed by atoms with Gasteiger partial charge in [0.15, 0.2) is 0 Å². The van der Waals surface area contributed by atoms with Crippen molar-refractivity contribution in [1.29, 1.82) is 0 Å². The highest BCUT2D eigenvalue weighted by molar-refractivity contribution is 7.90. The zero-order chi connectivity index (χ0) is 22.9. The number of rotatable bonds is 7. The van der Waals surface area contributed by atoms with Gasteiger partial charge >= 0.3 is 0 Å². The molecule has 0 amide bonds. The van der Waals surface area contributed by atoms with E-state index in [0.717, 1.165) is 27.9 Å². The van der Waals surface area contributed by atoms with E-state index in [2.05, 4.69) is 10.6 Å². The number of nitrogens with one attached hydrogen (secondary N) is 2. The fourth-order valence-electron chi connectivity index (χ4n) is 3.63. The van der Waals surface area contributed by atoms with Crippen molar-refractivity contribution in [3.05, 3.63) is 83.0 Å². The average molecular weight is 506 g/mol. The van der Waals surface area contributed by atoms with E-state index in [0.29, 0.717) is 22.8 Å². The number of halogens is 2. The second-order valence-corrected chi connectivity index (χ2v) is 9.73. The van der Waals surface area contributed by atoms with Crippen molar-refractivity contribution in [2.24, 2.45) is 0 Å². The topological polar surface area (TPSA) is 72.4 Å². The van der Waals surface area contributed by atoms with Crippen LogP contribution in [0.4, 0.5) is 11.4 Å². The third-order valence-electron chi connectivity index (χ3n) is 5.22. The monoisotopic (exact) mass is 505 g/mol. The molecule has 2 N–H and O–H groups in total. The van der Waals surface area contributed by atoms with E-state index in [1.165, 1.54) is 17.1 Å². The van der Waals surface area contributed by atoms with E-state index in [1.807, 2.05) is 50.4 Å². The first-order chi connectivity index (χ1) is 15.3. The Bertz CT molecular complexity index is 1400. The molecule has 4 aromatic rings. The van der Waals surface area contributed by atoms with Crippen LogP contribution in [0, 0.1) is 6.92 Å². The molecule has 0 fully saturated rings. The third-order valence-corrected chi connectivity index (χ3v) is 7.21. The van der Waals surface area contributed by atoms with Crippen molar-refractivity contribution >= 4 is 56.3 Å². The number of ether oxygens (including phenoxy) is 1. The highest BCUT2D eigenvalue weighted by Gasteiger charge is 2.22. The molecule has 9 heteroatoms. The molecule has 4 rings (SSSR count). The molecule has 0 radical (unpaired) electrons. The van der Waals surface area contributed by atoms with Crippen LogP contribution in [0.25, 0.3) is 10.9 Å². The van der Waals surface area contributed by atoms with E-state index in [4.69, 9.17) is 16.3 Å². The first-order valence-corrected chi connectivity index (χ1v) is 11.9. The lowest BCUT2D eigenvalue weighted by Gasteiger charge is -2.12. The van der Waals surface area contributed by atoms with Crippen molar-refractivity contribution < 1.29 is 13.2 Å². The Balaban J connectivity index is 0.00000306. The number of aryl methyl sites for hydroxylation is 1. The summed E-state index contributed by atoms with van der Waals surface area (Å²) in [6.07, 6.45) is 1.67. The van der Waals surface area contributed by atoms with E-state index < -0.39 is 10.0 Å². The standard InChI is InChI=1S/C24H24ClN3O3S.ClH/c1-16-7-10-23(22(25)11-16)27-18-8-9-21-17(14-26-2)15-28(24(21)12-18)32(29,30)20-6-4-5-19(13-20)31-3;/h4-13,15,26-27H,14H2,1-3H3;1H. The summed E-state index contributed by atoms with van der Waals surface area (Å²) < 4.78 is 33.6. The summed E-state index contributed by atoms with van der Waals surface area (Å²) in [6.45, 7) is 2.51. The van der Waals surface area contributed by atoms with Crippen molar-refractivity contribution in [3.63, 3.8) is 0 Å². The maximum atomic E-state index is 13.5. The summed E-state index contributed by atoms with van der Waals surface area (Å²) in [6, 6.07) is 17.9. The summed E-state index contributed by atoms with van der Waals surface area (Å²) in [7, 11) is -0.506. The van der Waals surface area contributed by atoms with Gasteiger partial charge < -0.3 is 15.4 Å². The van der Waals surface area contributed by atoms with Gasteiger partial charge in [-0.05, 0) is 61.5 Å². The van der Waals surface area contributed by atoms with Crippen LogP contribution in [-0.4, -0.2) is 26.5 Å². The summed E-state index contributed by atoms with van der Waals surface area (Å²) in [5, 5.41) is 7.85. The molecule has 0 aliphatic carbocycles. The first-order valence-electron chi connectivity index (χ1n) is 10.0. The molecule has 0 bridgehead atoms. The van der Waals surface area contributed by atoms with Gasteiger partial charge in [-0.25, -0.2) is 12.4 Å². The van der Waals surface area contributed by atoms with Crippen LogP contribution in [0.5, 0.6) is 5.75 Å². The van der Waals surface area contributed by atoms with E-state index in [1.54, 1.807) is 24.4 Å². The van der Waals surface area contributed by atoms with Crippen molar-refractivity contribution in [2.45, 2.75) is 18.4 Å². The minimum atomic E-state index is -3.84. The van der Waals surface area contributed by atoms with Gasteiger partial charge in [-0.2, -0.15) is 0 Å². The Kier molecular flexibility index (Phi) is 7.59. The van der Waals surface area contributed by atoms with Gasteiger partial charge in [-0.15, -0.1) is 12.4 Å². The SMILES string of the molecule is CNCc1cn(S(=O)(=O)c2cccc(OC)c2)c2cc(Nc3ccc(C)cc3Cl)ccc12.Cl. The molecule has 1 aromatic heterocycles. The van der Waals surface area contributed by atoms with Crippen LogP contribution in [0.3, 0.4) is 0 Å². The second-order valence-electron chi connectivity index (χ2n) is 7.50. The molecular weight excluding hydrogens is 481 g/mol. The van der Waals surface area contributed by atoms with E-state index >= 15 is 0 Å². The van der Waals surface area contributed by atoms with Gasteiger partial charge in [0.2, 0.25) is 0 Å². The molecule has 1 heterocycles. The Morgan fingerprint density at radius 1 is 1.06 bits per heavy atom. The van der Waals surface area contributed by atoms with Crippen LogP contribution in [0.2, 0.25) is 5.02 Å². The quantitative estimate of drug-likeness (QED) is 0.335. The number of hydrogen-bond acceptors (Lipinski definition) is 5. The molecule has 0 saturated heterocycles. The van der Waals surface area contributed by atoms with Crippen LogP contribution in [0.15, 0.2) is 71.8 Å². The van der Waals surface area contributed by atoms with Crippen molar-refractivity contribution in [1.82, 2.24) is 9.29 Å². The normalized spacial score (nSPS) is 11.3. The van der Waals surface area contributed by atoms with Crippen LogP contribution >= 0.6 is 24.0 Å². The number of anilines is 2. The van der Waals surface area contributed by atoms with Gasteiger partial charge in [0.05, 0.1) is 28.2 Å². The zero-order valence-corrected chi connectivity index (χ0v) is 20.8. The molecule has 0 spiro atoms. The minimum absolute atomic E-state index is 0. The number of nitrogens with zero attached hydrogens (tertiary/aromatic N) is 1.